The van der Waals surface area contributed by atoms with Gasteiger partial charge in [0, 0.05) is 31.6 Å². The minimum Gasteiger partial charge on any atom is -0.338 e. The van der Waals surface area contributed by atoms with E-state index in [1.165, 1.54) is 6.07 Å². The number of para-hydroxylation sites is 1. The summed E-state index contributed by atoms with van der Waals surface area (Å²) in [5, 5.41) is 0.816. The molecule has 1 unspecified atom stereocenters. The molecule has 1 atom stereocenters. The highest BCUT2D eigenvalue weighted by molar-refractivity contribution is 6.06. The van der Waals surface area contributed by atoms with Crippen molar-refractivity contribution in [2.24, 2.45) is 18.2 Å². The van der Waals surface area contributed by atoms with Crippen LogP contribution < -0.4 is 11.3 Å². The molecular formula is C17H21N3O2. The molecule has 22 heavy (non-hydrogen) atoms. The summed E-state index contributed by atoms with van der Waals surface area (Å²) >= 11 is 0. The van der Waals surface area contributed by atoms with E-state index in [1.54, 1.807) is 11.6 Å². The summed E-state index contributed by atoms with van der Waals surface area (Å²) < 4.78 is 1.57. The lowest BCUT2D eigenvalue weighted by Gasteiger charge is -2.23. The van der Waals surface area contributed by atoms with Crippen LogP contribution in [0.5, 0.6) is 0 Å². The lowest BCUT2D eigenvalue weighted by atomic mass is 9.90. The van der Waals surface area contributed by atoms with Crippen molar-refractivity contribution < 1.29 is 4.79 Å². The monoisotopic (exact) mass is 299 g/mol. The molecule has 1 aromatic heterocycles. The van der Waals surface area contributed by atoms with Crippen molar-refractivity contribution in [3.05, 3.63) is 46.2 Å². The van der Waals surface area contributed by atoms with E-state index in [-0.39, 0.29) is 16.9 Å². The van der Waals surface area contributed by atoms with Crippen molar-refractivity contribution in [2.45, 2.75) is 13.3 Å². The van der Waals surface area contributed by atoms with Crippen LogP contribution in [0.1, 0.15) is 23.7 Å². The highest BCUT2D eigenvalue weighted by Gasteiger charge is 2.35. The van der Waals surface area contributed by atoms with Gasteiger partial charge < -0.3 is 15.2 Å². The molecule has 0 radical (unpaired) electrons. The van der Waals surface area contributed by atoms with Crippen LogP contribution in [0.3, 0.4) is 0 Å². The number of nitrogens with two attached hydrogens (primary N) is 1. The Morgan fingerprint density at radius 3 is 2.77 bits per heavy atom. The summed E-state index contributed by atoms with van der Waals surface area (Å²) in [5.41, 5.74) is 6.89. The molecule has 0 aliphatic carbocycles. The highest BCUT2D eigenvalue weighted by Crippen LogP contribution is 2.30. The maximum atomic E-state index is 12.9. The van der Waals surface area contributed by atoms with Gasteiger partial charge in [-0.2, -0.15) is 0 Å². The first-order valence-corrected chi connectivity index (χ1v) is 7.53. The maximum Gasteiger partial charge on any atom is 0.254 e. The summed E-state index contributed by atoms with van der Waals surface area (Å²) in [6.07, 6.45) is 0.901. The standard InChI is InChI=1S/C17H21N3O2/c1-17(10-18)7-8-20(11-17)16(22)13-9-15(21)19(2)14-6-4-3-5-12(13)14/h3-6,9H,7-8,10-11,18H2,1-2H3. The Labute approximate surface area is 129 Å². The Morgan fingerprint density at radius 1 is 1.36 bits per heavy atom. The number of aromatic nitrogens is 1. The number of aryl methyl sites for hydroxylation is 1. The number of carbonyl (C=O) groups excluding carboxylic acids is 1. The zero-order valence-electron chi connectivity index (χ0n) is 13.0. The number of fused-ring (bicyclic) bond motifs is 1. The molecule has 116 valence electrons. The topological polar surface area (TPSA) is 68.3 Å². The lowest BCUT2D eigenvalue weighted by Crippen LogP contribution is -2.35. The predicted octanol–water partition coefficient (Wildman–Crippen LogP) is 1.35. The normalized spacial score (nSPS) is 21.5. The number of hydrogen-bond acceptors (Lipinski definition) is 3. The molecule has 5 heteroatoms. The fourth-order valence-corrected chi connectivity index (χ4v) is 3.12. The third kappa shape index (κ3) is 2.31. The van der Waals surface area contributed by atoms with Gasteiger partial charge in [0.05, 0.1) is 11.1 Å². The number of hydrogen-bond donors (Lipinski definition) is 1. The molecule has 2 heterocycles. The van der Waals surface area contributed by atoms with Crippen LogP contribution in [0.25, 0.3) is 10.9 Å². The van der Waals surface area contributed by atoms with Crippen molar-refractivity contribution in [1.29, 1.82) is 0 Å². The highest BCUT2D eigenvalue weighted by atomic mass is 16.2. The molecule has 3 rings (SSSR count). The third-order valence-electron chi connectivity index (χ3n) is 4.72. The smallest absolute Gasteiger partial charge is 0.254 e. The Bertz CT molecular complexity index is 796. The van der Waals surface area contributed by atoms with E-state index in [1.807, 2.05) is 29.2 Å². The van der Waals surface area contributed by atoms with Crippen molar-refractivity contribution in [2.75, 3.05) is 19.6 Å². The average molecular weight is 299 g/mol. The number of pyridine rings is 1. The zero-order chi connectivity index (χ0) is 15.9. The van der Waals surface area contributed by atoms with Crippen molar-refractivity contribution in [3.63, 3.8) is 0 Å². The molecule has 1 fully saturated rings. The van der Waals surface area contributed by atoms with E-state index >= 15 is 0 Å². The Kier molecular flexibility index (Phi) is 3.53. The van der Waals surface area contributed by atoms with Crippen molar-refractivity contribution in [3.8, 4) is 0 Å². The van der Waals surface area contributed by atoms with Crippen LogP contribution in [0.15, 0.2) is 35.1 Å². The van der Waals surface area contributed by atoms with Gasteiger partial charge in [0.2, 0.25) is 0 Å². The summed E-state index contributed by atoms with van der Waals surface area (Å²) in [4.78, 5) is 26.8. The van der Waals surface area contributed by atoms with Gasteiger partial charge in [-0.3, -0.25) is 9.59 Å². The van der Waals surface area contributed by atoms with Crippen molar-refractivity contribution >= 4 is 16.8 Å². The number of likely N-dealkylation sites (tertiary alicyclic amines) is 1. The van der Waals surface area contributed by atoms with Crippen LogP contribution in [0.2, 0.25) is 0 Å². The first-order valence-electron chi connectivity index (χ1n) is 7.53. The molecule has 5 nitrogen and oxygen atoms in total. The number of rotatable bonds is 2. The van der Waals surface area contributed by atoms with Crippen molar-refractivity contribution in [1.82, 2.24) is 9.47 Å². The van der Waals surface area contributed by atoms with E-state index in [0.717, 1.165) is 17.3 Å². The van der Waals surface area contributed by atoms with Crippen LogP contribution in [-0.2, 0) is 7.05 Å². The van der Waals surface area contributed by atoms with E-state index in [4.69, 9.17) is 5.73 Å². The molecule has 1 saturated heterocycles. The fraction of sp³-hybridized carbons (Fsp3) is 0.412. The molecule has 0 saturated carbocycles. The number of amides is 1. The largest absolute Gasteiger partial charge is 0.338 e. The minimum absolute atomic E-state index is 0.0226. The quantitative estimate of drug-likeness (QED) is 0.910. The molecule has 2 N–H and O–H groups in total. The number of benzene rings is 1. The first kappa shape index (κ1) is 14.8. The van der Waals surface area contributed by atoms with E-state index in [2.05, 4.69) is 6.92 Å². The Morgan fingerprint density at radius 2 is 2.09 bits per heavy atom. The molecule has 1 aliphatic heterocycles. The molecule has 1 aromatic carbocycles. The number of carbonyl (C=O) groups is 1. The van der Waals surface area contributed by atoms with Crippen LogP contribution in [0.4, 0.5) is 0 Å². The van der Waals surface area contributed by atoms with Crippen LogP contribution >= 0.6 is 0 Å². The first-order chi connectivity index (χ1) is 10.4. The van der Waals surface area contributed by atoms with Gasteiger partial charge in [0.1, 0.15) is 0 Å². The molecular weight excluding hydrogens is 278 g/mol. The predicted molar refractivity (Wildman–Crippen MR) is 86.9 cm³/mol. The Hall–Kier alpha value is -2.14. The lowest BCUT2D eigenvalue weighted by molar-refractivity contribution is 0.0778. The molecule has 1 amide bonds. The average Bonchev–Trinajstić information content (AvgIpc) is 2.93. The minimum atomic E-state index is -0.164. The summed E-state index contributed by atoms with van der Waals surface area (Å²) in [5.74, 6) is -0.0777. The summed E-state index contributed by atoms with van der Waals surface area (Å²) in [6.45, 7) is 4.00. The van der Waals surface area contributed by atoms with E-state index in [9.17, 15) is 9.59 Å². The Balaban J connectivity index is 2.06. The maximum absolute atomic E-state index is 12.9. The summed E-state index contributed by atoms with van der Waals surface area (Å²) in [6, 6.07) is 8.96. The van der Waals surface area contributed by atoms with Gasteiger partial charge in [-0.05, 0) is 24.4 Å². The van der Waals surface area contributed by atoms with Gasteiger partial charge in [-0.25, -0.2) is 0 Å². The SMILES string of the molecule is Cn1c(=O)cc(C(=O)N2CCC(C)(CN)C2)c2ccccc21. The second-order valence-corrected chi connectivity index (χ2v) is 6.46. The van der Waals surface area contributed by atoms with Gasteiger partial charge in [-0.15, -0.1) is 0 Å². The van der Waals surface area contributed by atoms with Gasteiger partial charge in [0.15, 0.2) is 0 Å². The van der Waals surface area contributed by atoms with Gasteiger partial charge >= 0.3 is 0 Å². The zero-order valence-corrected chi connectivity index (χ0v) is 13.0. The molecule has 2 aromatic rings. The van der Waals surface area contributed by atoms with E-state index in [0.29, 0.717) is 25.2 Å². The molecule has 1 aliphatic rings. The van der Waals surface area contributed by atoms with Gasteiger partial charge in [0.25, 0.3) is 11.5 Å². The second kappa shape index (κ2) is 5.25. The van der Waals surface area contributed by atoms with Crippen LogP contribution in [0, 0.1) is 5.41 Å². The summed E-state index contributed by atoms with van der Waals surface area (Å²) in [7, 11) is 1.72. The second-order valence-electron chi connectivity index (χ2n) is 6.46. The molecule has 0 bridgehead atoms. The van der Waals surface area contributed by atoms with Crippen LogP contribution in [-0.4, -0.2) is 35.0 Å². The fourth-order valence-electron chi connectivity index (χ4n) is 3.12. The number of nitrogens with zero attached hydrogens (tertiary/aromatic N) is 2. The van der Waals surface area contributed by atoms with E-state index < -0.39 is 0 Å². The van der Waals surface area contributed by atoms with Gasteiger partial charge in [-0.1, -0.05) is 25.1 Å². The molecule has 0 spiro atoms. The third-order valence-corrected chi connectivity index (χ3v) is 4.72.